The van der Waals surface area contributed by atoms with Gasteiger partial charge in [0, 0.05) is 18.2 Å². The van der Waals surface area contributed by atoms with Gasteiger partial charge >= 0.3 is 0 Å². The lowest BCUT2D eigenvalue weighted by Gasteiger charge is -2.21. The van der Waals surface area contributed by atoms with Crippen molar-refractivity contribution in [2.24, 2.45) is 17.4 Å². The average molecular weight is 342 g/mol. The maximum Gasteiger partial charge on any atom is 0.248 e. The van der Waals surface area contributed by atoms with E-state index in [1.165, 1.54) is 0 Å². The lowest BCUT2D eigenvalue weighted by Crippen LogP contribution is -2.35. The van der Waals surface area contributed by atoms with Gasteiger partial charge in [-0.2, -0.15) is 0 Å². The lowest BCUT2D eigenvalue weighted by molar-refractivity contribution is -0.132. The average Bonchev–Trinajstić information content (AvgIpc) is 2.88. The first kappa shape index (κ1) is 19.3. The first-order valence-corrected chi connectivity index (χ1v) is 7.53. The molecule has 0 spiro atoms. The smallest absolute Gasteiger partial charge is 0.248 e. The maximum absolute atomic E-state index is 12.2. The van der Waals surface area contributed by atoms with E-state index in [0.717, 1.165) is 13.0 Å². The van der Waals surface area contributed by atoms with E-state index in [1.54, 1.807) is 24.3 Å². The van der Waals surface area contributed by atoms with Gasteiger partial charge in [-0.1, -0.05) is 6.07 Å². The fraction of sp³-hybridized carbons (Fsp3) is 0.500. The number of hydrogen-bond donors (Lipinski definition) is 2. The molecule has 1 fully saturated rings. The molecule has 1 saturated heterocycles. The van der Waals surface area contributed by atoms with E-state index < -0.39 is 5.91 Å². The normalized spacial score (nSPS) is 20.0. The highest BCUT2D eigenvalue weighted by atomic mass is 35.5. The van der Waals surface area contributed by atoms with Gasteiger partial charge in [-0.05, 0) is 44.0 Å². The first-order valence-electron chi connectivity index (χ1n) is 7.53. The Morgan fingerprint density at radius 3 is 2.74 bits per heavy atom. The molecule has 2 atom stereocenters. The fourth-order valence-corrected chi connectivity index (χ4v) is 2.80. The second kappa shape index (κ2) is 8.74. The summed E-state index contributed by atoms with van der Waals surface area (Å²) >= 11 is 0. The van der Waals surface area contributed by atoms with E-state index in [4.69, 9.17) is 16.2 Å². The molecule has 6 nitrogen and oxygen atoms in total. The van der Waals surface area contributed by atoms with Gasteiger partial charge in [0.15, 0.2) is 0 Å². The minimum absolute atomic E-state index is 0. The third kappa shape index (κ3) is 5.11. The van der Waals surface area contributed by atoms with Crippen molar-refractivity contribution in [2.45, 2.75) is 25.8 Å². The van der Waals surface area contributed by atoms with Crippen molar-refractivity contribution in [3.8, 4) is 5.75 Å². The predicted molar refractivity (Wildman–Crippen MR) is 90.7 cm³/mol. The number of likely N-dealkylation sites (tertiary alicyclic amines) is 1. The van der Waals surface area contributed by atoms with Crippen LogP contribution in [0, 0.1) is 5.92 Å². The van der Waals surface area contributed by atoms with Crippen LogP contribution in [-0.2, 0) is 4.79 Å². The van der Waals surface area contributed by atoms with Crippen LogP contribution in [-0.4, -0.2) is 42.5 Å². The Kier molecular flexibility index (Phi) is 7.32. The zero-order chi connectivity index (χ0) is 16.1. The van der Waals surface area contributed by atoms with Gasteiger partial charge in [0.05, 0.1) is 13.0 Å². The third-order valence-corrected chi connectivity index (χ3v) is 4.02. The molecule has 23 heavy (non-hydrogen) atoms. The molecule has 2 amide bonds. The van der Waals surface area contributed by atoms with Gasteiger partial charge < -0.3 is 21.1 Å². The number of benzene rings is 1. The monoisotopic (exact) mass is 341 g/mol. The summed E-state index contributed by atoms with van der Waals surface area (Å²) < 4.78 is 5.54. The molecule has 128 valence electrons. The molecule has 1 aromatic rings. The predicted octanol–water partition coefficient (Wildman–Crippen LogP) is 1.17. The van der Waals surface area contributed by atoms with E-state index in [2.05, 4.69) is 0 Å². The van der Waals surface area contributed by atoms with Crippen LogP contribution in [0.4, 0.5) is 0 Å². The third-order valence-electron chi connectivity index (χ3n) is 4.02. The van der Waals surface area contributed by atoms with Crippen molar-refractivity contribution in [3.63, 3.8) is 0 Å². The van der Waals surface area contributed by atoms with Crippen LogP contribution >= 0.6 is 12.4 Å². The van der Waals surface area contributed by atoms with E-state index in [9.17, 15) is 9.59 Å². The molecule has 7 heteroatoms. The van der Waals surface area contributed by atoms with Gasteiger partial charge in [0.2, 0.25) is 11.8 Å². The number of carbonyl (C=O) groups is 2. The van der Waals surface area contributed by atoms with Crippen molar-refractivity contribution < 1.29 is 14.3 Å². The van der Waals surface area contributed by atoms with Crippen molar-refractivity contribution in [3.05, 3.63) is 29.8 Å². The molecule has 4 N–H and O–H groups in total. The molecule has 0 saturated carbocycles. The van der Waals surface area contributed by atoms with Crippen LogP contribution in [0.5, 0.6) is 5.75 Å². The van der Waals surface area contributed by atoms with E-state index in [0.29, 0.717) is 30.2 Å². The van der Waals surface area contributed by atoms with Gasteiger partial charge in [-0.15, -0.1) is 12.4 Å². The molecule has 1 heterocycles. The highest BCUT2D eigenvalue weighted by Gasteiger charge is 2.31. The quantitative estimate of drug-likeness (QED) is 0.811. The maximum atomic E-state index is 12.2. The summed E-state index contributed by atoms with van der Waals surface area (Å²) in [5.41, 5.74) is 11.3. The molecule has 2 unspecified atom stereocenters. The number of nitrogens with two attached hydrogens (primary N) is 2. The molecule has 1 aliphatic rings. The standard InChI is InChI=1S/C16H23N3O3.ClH/c1-11-7-12(9-17)10-19(11)15(20)5-6-22-14-4-2-3-13(8-14)16(18)21;/h2-4,8,11-12H,5-7,9-10,17H2,1H3,(H2,18,21);1H. The van der Waals surface area contributed by atoms with Gasteiger partial charge in [-0.3, -0.25) is 9.59 Å². The van der Waals surface area contributed by atoms with Gasteiger partial charge in [0.25, 0.3) is 0 Å². The summed E-state index contributed by atoms with van der Waals surface area (Å²) in [7, 11) is 0. The second-order valence-electron chi connectivity index (χ2n) is 5.72. The molecule has 2 rings (SSSR count). The number of carbonyl (C=O) groups excluding carboxylic acids is 2. The van der Waals surface area contributed by atoms with Crippen LogP contribution in [0.15, 0.2) is 24.3 Å². The summed E-state index contributed by atoms with van der Waals surface area (Å²) in [5, 5.41) is 0. The summed E-state index contributed by atoms with van der Waals surface area (Å²) in [6.45, 7) is 3.67. The van der Waals surface area contributed by atoms with Gasteiger partial charge in [0.1, 0.15) is 5.75 Å². The summed E-state index contributed by atoms with van der Waals surface area (Å²) in [4.78, 5) is 25.2. The highest BCUT2D eigenvalue weighted by Crippen LogP contribution is 2.23. The number of amides is 2. The van der Waals surface area contributed by atoms with Crippen molar-refractivity contribution in [2.75, 3.05) is 19.7 Å². The second-order valence-corrected chi connectivity index (χ2v) is 5.72. The van der Waals surface area contributed by atoms with E-state index >= 15 is 0 Å². The molecular weight excluding hydrogens is 318 g/mol. The van der Waals surface area contributed by atoms with Crippen LogP contribution < -0.4 is 16.2 Å². The molecule has 0 bridgehead atoms. The molecule has 0 radical (unpaired) electrons. The molecule has 0 aliphatic carbocycles. The number of rotatable bonds is 6. The van der Waals surface area contributed by atoms with Crippen molar-refractivity contribution >= 4 is 24.2 Å². The highest BCUT2D eigenvalue weighted by molar-refractivity contribution is 5.93. The molecule has 1 aliphatic heterocycles. The number of halogens is 1. The Morgan fingerprint density at radius 1 is 1.39 bits per heavy atom. The SMILES string of the molecule is CC1CC(CN)CN1C(=O)CCOc1cccc(C(N)=O)c1.Cl. The fourth-order valence-electron chi connectivity index (χ4n) is 2.80. The largest absolute Gasteiger partial charge is 0.493 e. The zero-order valence-electron chi connectivity index (χ0n) is 13.2. The van der Waals surface area contributed by atoms with Crippen LogP contribution in [0.3, 0.4) is 0 Å². The van der Waals surface area contributed by atoms with E-state index in [-0.39, 0.29) is 31.0 Å². The molecular formula is C16H24ClN3O3. The number of hydrogen-bond acceptors (Lipinski definition) is 4. The Morgan fingerprint density at radius 2 is 2.13 bits per heavy atom. The number of nitrogens with zero attached hydrogens (tertiary/aromatic N) is 1. The van der Waals surface area contributed by atoms with Crippen LogP contribution in [0.1, 0.15) is 30.1 Å². The Balaban J connectivity index is 0.00000264. The zero-order valence-corrected chi connectivity index (χ0v) is 14.1. The lowest BCUT2D eigenvalue weighted by atomic mass is 10.1. The molecule has 0 aromatic heterocycles. The number of primary amides is 1. The first-order chi connectivity index (χ1) is 10.5. The van der Waals surface area contributed by atoms with Crippen molar-refractivity contribution in [1.82, 2.24) is 4.90 Å². The van der Waals surface area contributed by atoms with Crippen molar-refractivity contribution in [1.29, 1.82) is 0 Å². The summed E-state index contributed by atoms with van der Waals surface area (Å²) in [6, 6.07) is 6.87. The minimum Gasteiger partial charge on any atom is -0.493 e. The summed E-state index contributed by atoms with van der Waals surface area (Å²) in [5.74, 6) is 0.514. The van der Waals surface area contributed by atoms with Crippen LogP contribution in [0.25, 0.3) is 0 Å². The number of ether oxygens (including phenoxy) is 1. The molecule has 1 aromatic carbocycles. The summed E-state index contributed by atoms with van der Waals surface area (Å²) in [6.07, 6.45) is 1.27. The topological polar surface area (TPSA) is 98.7 Å². The van der Waals surface area contributed by atoms with Crippen LogP contribution in [0.2, 0.25) is 0 Å². The van der Waals surface area contributed by atoms with Gasteiger partial charge in [-0.25, -0.2) is 0 Å². The Bertz CT molecular complexity index is 553. The Labute approximate surface area is 142 Å². The van der Waals surface area contributed by atoms with E-state index in [1.807, 2.05) is 11.8 Å². The Hall–Kier alpha value is -1.79. The minimum atomic E-state index is -0.500.